The summed E-state index contributed by atoms with van der Waals surface area (Å²) in [7, 11) is 0. The summed E-state index contributed by atoms with van der Waals surface area (Å²) in [6, 6.07) is 39.7. The predicted molar refractivity (Wildman–Crippen MR) is 123 cm³/mol. The van der Waals surface area contributed by atoms with Gasteiger partial charge in [0.25, 0.3) is 0 Å². The molecule has 29 heavy (non-hydrogen) atoms. The summed E-state index contributed by atoms with van der Waals surface area (Å²) in [5, 5.41) is 5.10. The number of hydrogen-bond acceptors (Lipinski definition) is 1. The van der Waals surface area contributed by atoms with Gasteiger partial charge in [-0.15, -0.1) is 0 Å². The first-order chi connectivity index (χ1) is 14.4. The molecular weight excluding hydrogens is 352 g/mol. The van der Waals surface area contributed by atoms with Crippen molar-refractivity contribution in [1.29, 1.82) is 0 Å². The second-order valence-electron chi connectivity index (χ2n) is 6.95. The van der Waals surface area contributed by atoms with Crippen LogP contribution in [0.3, 0.4) is 0 Å². The van der Waals surface area contributed by atoms with Crippen molar-refractivity contribution in [3.05, 3.63) is 122 Å². The standard InChI is InChI=1S/C17H12N2.C10H8/c1-2-7-14(8-3-1)19-12-18-16-11-10-13-6-4-5-9-15(13)17(16)19;1-2-6-10-8-4-3-7-9(10)5-1/h1-12H;1-8H. The van der Waals surface area contributed by atoms with Crippen molar-refractivity contribution >= 4 is 32.6 Å². The third-order valence-electron chi connectivity index (χ3n) is 5.13. The molecule has 0 spiro atoms. The maximum absolute atomic E-state index is 4.51. The lowest BCUT2D eigenvalue weighted by atomic mass is 10.1. The lowest BCUT2D eigenvalue weighted by Gasteiger charge is -2.06. The molecule has 2 nitrogen and oxygen atoms in total. The van der Waals surface area contributed by atoms with E-state index in [2.05, 4.69) is 107 Å². The summed E-state index contributed by atoms with van der Waals surface area (Å²) in [5.74, 6) is 0. The zero-order valence-corrected chi connectivity index (χ0v) is 15.9. The van der Waals surface area contributed by atoms with Gasteiger partial charge < -0.3 is 0 Å². The van der Waals surface area contributed by atoms with Crippen LogP contribution in [0, 0.1) is 0 Å². The van der Waals surface area contributed by atoms with Gasteiger partial charge in [-0.05, 0) is 34.4 Å². The van der Waals surface area contributed by atoms with Gasteiger partial charge in [0, 0.05) is 11.1 Å². The molecule has 0 bridgehead atoms. The Labute approximate surface area is 169 Å². The molecule has 0 N–H and O–H groups in total. The quantitative estimate of drug-likeness (QED) is 0.303. The maximum Gasteiger partial charge on any atom is 0.100 e. The van der Waals surface area contributed by atoms with Crippen LogP contribution < -0.4 is 0 Å². The Morgan fingerprint density at radius 1 is 0.483 bits per heavy atom. The van der Waals surface area contributed by atoms with Crippen molar-refractivity contribution in [2.45, 2.75) is 0 Å². The predicted octanol–water partition coefficient (Wildman–Crippen LogP) is 7.02. The van der Waals surface area contributed by atoms with Crippen LogP contribution in [0.4, 0.5) is 0 Å². The molecule has 0 radical (unpaired) electrons. The molecule has 0 atom stereocenters. The van der Waals surface area contributed by atoms with E-state index < -0.39 is 0 Å². The van der Waals surface area contributed by atoms with Crippen molar-refractivity contribution in [2.75, 3.05) is 0 Å². The van der Waals surface area contributed by atoms with Gasteiger partial charge in [0.05, 0.1) is 11.0 Å². The van der Waals surface area contributed by atoms with Crippen molar-refractivity contribution in [3.8, 4) is 5.69 Å². The number of nitrogens with zero attached hydrogens (tertiary/aromatic N) is 2. The van der Waals surface area contributed by atoms with Gasteiger partial charge in [0.1, 0.15) is 6.33 Å². The number of benzene rings is 5. The summed E-state index contributed by atoms with van der Waals surface area (Å²) >= 11 is 0. The van der Waals surface area contributed by atoms with E-state index in [1.165, 1.54) is 27.1 Å². The van der Waals surface area contributed by atoms with Crippen molar-refractivity contribution in [2.24, 2.45) is 0 Å². The van der Waals surface area contributed by atoms with Gasteiger partial charge in [0.2, 0.25) is 0 Å². The van der Waals surface area contributed by atoms with Gasteiger partial charge in [-0.2, -0.15) is 0 Å². The zero-order valence-electron chi connectivity index (χ0n) is 15.9. The smallest absolute Gasteiger partial charge is 0.100 e. The van der Waals surface area contributed by atoms with E-state index in [0.29, 0.717) is 0 Å². The van der Waals surface area contributed by atoms with Crippen LogP contribution in [0.1, 0.15) is 0 Å². The fourth-order valence-electron chi connectivity index (χ4n) is 3.70. The fraction of sp³-hybridized carbons (Fsp3) is 0. The topological polar surface area (TPSA) is 17.8 Å². The summed E-state index contributed by atoms with van der Waals surface area (Å²) < 4.78 is 2.15. The zero-order chi connectivity index (χ0) is 19.5. The van der Waals surface area contributed by atoms with Crippen molar-refractivity contribution < 1.29 is 0 Å². The molecule has 138 valence electrons. The van der Waals surface area contributed by atoms with Crippen LogP contribution in [-0.2, 0) is 0 Å². The normalized spacial score (nSPS) is 10.8. The molecule has 0 amide bonds. The molecular formula is C27H20N2. The van der Waals surface area contributed by atoms with Crippen LogP contribution in [-0.4, -0.2) is 9.55 Å². The Bertz CT molecular complexity index is 1330. The minimum absolute atomic E-state index is 1.03. The minimum Gasteiger partial charge on any atom is -0.298 e. The number of imidazole rings is 1. The van der Waals surface area contributed by atoms with E-state index in [1.807, 2.05) is 24.5 Å². The van der Waals surface area contributed by atoms with E-state index in [4.69, 9.17) is 0 Å². The van der Waals surface area contributed by atoms with E-state index in [-0.39, 0.29) is 0 Å². The third-order valence-corrected chi connectivity index (χ3v) is 5.13. The summed E-state index contributed by atoms with van der Waals surface area (Å²) in [6.45, 7) is 0. The average molecular weight is 372 g/mol. The Morgan fingerprint density at radius 3 is 1.69 bits per heavy atom. The molecule has 0 aliphatic heterocycles. The second-order valence-corrected chi connectivity index (χ2v) is 6.95. The van der Waals surface area contributed by atoms with Gasteiger partial charge in [0.15, 0.2) is 0 Å². The molecule has 2 heteroatoms. The lowest BCUT2D eigenvalue weighted by molar-refractivity contribution is 1.10. The van der Waals surface area contributed by atoms with Gasteiger partial charge >= 0.3 is 0 Å². The maximum atomic E-state index is 4.51. The van der Waals surface area contributed by atoms with E-state index >= 15 is 0 Å². The Hall–Kier alpha value is -3.91. The van der Waals surface area contributed by atoms with Crippen LogP contribution in [0.5, 0.6) is 0 Å². The monoisotopic (exact) mass is 372 g/mol. The Kier molecular flexibility index (Phi) is 4.51. The van der Waals surface area contributed by atoms with Gasteiger partial charge in [-0.1, -0.05) is 97.1 Å². The molecule has 6 aromatic rings. The highest BCUT2D eigenvalue weighted by Crippen LogP contribution is 2.26. The molecule has 5 aromatic carbocycles. The Balaban J connectivity index is 0.000000153. The first kappa shape index (κ1) is 17.2. The lowest BCUT2D eigenvalue weighted by Crippen LogP contribution is -1.91. The molecule has 0 aliphatic rings. The van der Waals surface area contributed by atoms with Crippen LogP contribution >= 0.6 is 0 Å². The second kappa shape index (κ2) is 7.61. The highest BCUT2D eigenvalue weighted by Gasteiger charge is 2.07. The van der Waals surface area contributed by atoms with Crippen molar-refractivity contribution in [1.82, 2.24) is 9.55 Å². The number of rotatable bonds is 1. The van der Waals surface area contributed by atoms with Crippen LogP contribution in [0.15, 0.2) is 122 Å². The minimum atomic E-state index is 1.03. The largest absolute Gasteiger partial charge is 0.298 e. The number of aromatic nitrogens is 2. The van der Waals surface area contributed by atoms with E-state index in [0.717, 1.165) is 11.2 Å². The first-order valence-corrected chi connectivity index (χ1v) is 9.74. The first-order valence-electron chi connectivity index (χ1n) is 9.74. The highest BCUT2D eigenvalue weighted by molar-refractivity contribution is 6.05. The molecule has 0 saturated carbocycles. The van der Waals surface area contributed by atoms with Crippen LogP contribution in [0.2, 0.25) is 0 Å². The van der Waals surface area contributed by atoms with Crippen molar-refractivity contribution in [3.63, 3.8) is 0 Å². The van der Waals surface area contributed by atoms with Gasteiger partial charge in [-0.25, -0.2) is 4.98 Å². The van der Waals surface area contributed by atoms with Gasteiger partial charge in [-0.3, -0.25) is 4.57 Å². The van der Waals surface area contributed by atoms with Crippen LogP contribution in [0.25, 0.3) is 38.3 Å². The summed E-state index contributed by atoms with van der Waals surface area (Å²) in [4.78, 5) is 4.51. The molecule has 0 unspecified atom stereocenters. The average Bonchev–Trinajstić information content (AvgIpc) is 3.25. The molecule has 0 aliphatic carbocycles. The SMILES string of the molecule is c1ccc(-n2cnc3ccc4ccccc4c32)cc1.c1ccc2ccccc2c1. The molecule has 0 saturated heterocycles. The molecule has 0 fully saturated rings. The molecule has 1 heterocycles. The van der Waals surface area contributed by atoms with E-state index in [9.17, 15) is 0 Å². The number of hydrogen-bond donors (Lipinski definition) is 0. The number of fused-ring (bicyclic) bond motifs is 4. The summed E-state index contributed by atoms with van der Waals surface area (Å²) in [5.41, 5.74) is 3.34. The summed E-state index contributed by atoms with van der Waals surface area (Å²) in [6.07, 6.45) is 1.90. The fourth-order valence-corrected chi connectivity index (χ4v) is 3.70. The highest BCUT2D eigenvalue weighted by atomic mass is 15.0. The molecule has 1 aromatic heterocycles. The number of para-hydroxylation sites is 1. The molecule has 6 rings (SSSR count). The third kappa shape index (κ3) is 3.37. The Morgan fingerprint density at radius 2 is 1.03 bits per heavy atom. The van der Waals surface area contributed by atoms with E-state index in [1.54, 1.807) is 0 Å².